The van der Waals surface area contributed by atoms with Gasteiger partial charge in [-0.2, -0.15) is 5.10 Å². The molecule has 0 spiro atoms. The largest absolute Gasteiger partial charge is 0.478 e. The van der Waals surface area contributed by atoms with Gasteiger partial charge in [-0.25, -0.2) is 24.2 Å². The van der Waals surface area contributed by atoms with E-state index in [-0.39, 0.29) is 11.8 Å². The monoisotopic (exact) mass is 488 g/mol. The van der Waals surface area contributed by atoms with Crippen LogP contribution in [0.5, 0.6) is 0 Å². The van der Waals surface area contributed by atoms with Gasteiger partial charge in [0.05, 0.1) is 18.1 Å². The Hall–Kier alpha value is -3.34. The van der Waals surface area contributed by atoms with Crippen molar-refractivity contribution in [2.24, 2.45) is 5.92 Å². The predicted octanol–water partition coefficient (Wildman–Crippen LogP) is 3.18. The lowest BCUT2D eigenvalue weighted by Gasteiger charge is -2.30. The predicted molar refractivity (Wildman–Crippen MR) is 132 cm³/mol. The molecule has 0 atom stereocenters. The van der Waals surface area contributed by atoms with E-state index in [4.69, 9.17) is 10.2 Å². The number of aromatic nitrogens is 4. The fourth-order valence-corrected chi connectivity index (χ4v) is 4.21. The quantitative estimate of drug-likeness (QED) is 0.452. The molecule has 3 rings (SSSR count). The minimum atomic E-state index is -1.26. The molecule has 1 aliphatic carbocycles. The van der Waals surface area contributed by atoms with Crippen LogP contribution in [-0.2, 0) is 20.9 Å². The number of carboxylic acid groups (broad SMARTS) is 2. The first kappa shape index (κ1) is 27.9. The molecule has 0 saturated heterocycles. The van der Waals surface area contributed by atoms with Gasteiger partial charge in [0.15, 0.2) is 5.65 Å². The van der Waals surface area contributed by atoms with Crippen LogP contribution in [0.2, 0.25) is 0 Å². The third-order valence-corrected chi connectivity index (χ3v) is 5.92. The molecule has 192 valence electrons. The molecule has 1 aliphatic rings. The highest BCUT2D eigenvalue weighted by molar-refractivity contribution is 5.99. The fraction of sp³-hybridized carbons (Fsp3) is 0.583. The summed E-state index contributed by atoms with van der Waals surface area (Å²) >= 11 is 0. The molecule has 2 aromatic heterocycles. The standard InChI is InChI=1S/C20H32N6O.C4H4O4/c1-14(2)25(15(3)4)10-11-26-19-17(12-23-26)18(21-13-22-19)24-20(27)16-8-6-5-7-9-16;5-3(6)1-2-4(7)8/h12-16H,5-11H2,1-4H3,(H,21,22,24,27);1-2H,(H,5,6)(H,7,8). The Morgan fingerprint density at radius 3 is 2.20 bits per heavy atom. The van der Waals surface area contributed by atoms with E-state index in [1.807, 2.05) is 4.68 Å². The van der Waals surface area contributed by atoms with Gasteiger partial charge >= 0.3 is 11.9 Å². The highest BCUT2D eigenvalue weighted by Crippen LogP contribution is 2.26. The smallest absolute Gasteiger partial charge is 0.328 e. The molecule has 11 nitrogen and oxygen atoms in total. The number of aliphatic carboxylic acids is 2. The Morgan fingerprint density at radius 2 is 1.66 bits per heavy atom. The number of hydrogen-bond acceptors (Lipinski definition) is 7. The fourth-order valence-electron chi connectivity index (χ4n) is 4.21. The number of amides is 1. The van der Waals surface area contributed by atoms with Crippen molar-refractivity contribution >= 4 is 34.7 Å². The third-order valence-electron chi connectivity index (χ3n) is 5.92. The molecule has 0 aromatic carbocycles. The summed E-state index contributed by atoms with van der Waals surface area (Å²) in [6.07, 6.45) is 9.84. The van der Waals surface area contributed by atoms with Gasteiger partial charge in [-0.3, -0.25) is 9.69 Å². The summed E-state index contributed by atoms with van der Waals surface area (Å²) in [6.45, 7) is 10.5. The normalized spacial score (nSPS) is 14.5. The van der Waals surface area contributed by atoms with Crippen molar-refractivity contribution in [3.05, 3.63) is 24.7 Å². The Kier molecular flexibility index (Phi) is 10.8. The molecular weight excluding hydrogens is 452 g/mol. The molecule has 35 heavy (non-hydrogen) atoms. The van der Waals surface area contributed by atoms with E-state index in [1.165, 1.54) is 12.7 Å². The number of carboxylic acids is 2. The summed E-state index contributed by atoms with van der Waals surface area (Å²) in [6, 6.07) is 0.957. The molecule has 0 unspecified atom stereocenters. The second-order valence-electron chi connectivity index (χ2n) is 9.09. The zero-order valence-corrected chi connectivity index (χ0v) is 20.8. The van der Waals surface area contributed by atoms with Gasteiger partial charge in [-0.1, -0.05) is 19.3 Å². The summed E-state index contributed by atoms with van der Waals surface area (Å²) in [7, 11) is 0. The number of carbonyl (C=O) groups is 3. The molecule has 1 amide bonds. The number of fused-ring (bicyclic) bond motifs is 1. The molecule has 2 heterocycles. The lowest BCUT2D eigenvalue weighted by molar-refractivity contribution is -0.134. The highest BCUT2D eigenvalue weighted by atomic mass is 16.4. The minimum Gasteiger partial charge on any atom is -0.478 e. The molecular formula is C24H36N6O5. The van der Waals surface area contributed by atoms with E-state index in [1.54, 1.807) is 6.20 Å². The maximum absolute atomic E-state index is 12.6. The van der Waals surface area contributed by atoms with Crippen molar-refractivity contribution in [3.63, 3.8) is 0 Å². The van der Waals surface area contributed by atoms with Crippen LogP contribution < -0.4 is 5.32 Å². The van der Waals surface area contributed by atoms with E-state index in [0.717, 1.165) is 49.8 Å². The van der Waals surface area contributed by atoms with Gasteiger partial charge in [0.25, 0.3) is 0 Å². The van der Waals surface area contributed by atoms with Crippen LogP contribution >= 0.6 is 0 Å². The maximum Gasteiger partial charge on any atom is 0.328 e. The molecule has 0 radical (unpaired) electrons. The molecule has 0 bridgehead atoms. The Balaban J connectivity index is 0.000000466. The number of nitrogens with zero attached hydrogens (tertiary/aromatic N) is 5. The van der Waals surface area contributed by atoms with Gasteiger partial charge in [0, 0.05) is 36.7 Å². The van der Waals surface area contributed by atoms with Crippen molar-refractivity contribution in [1.29, 1.82) is 0 Å². The Morgan fingerprint density at radius 1 is 1.06 bits per heavy atom. The Labute approximate surface area is 205 Å². The van der Waals surface area contributed by atoms with E-state index < -0.39 is 11.9 Å². The summed E-state index contributed by atoms with van der Waals surface area (Å²) in [5.41, 5.74) is 0.774. The van der Waals surface area contributed by atoms with Crippen LogP contribution in [-0.4, -0.2) is 71.3 Å². The second-order valence-corrected chi connectivity index (χ2v) is 9.09. The number of rotatable bonds is 9. The van der Waals surface area contributed by atoms with Crippen molar-refractivity contribution in [1.82, 2.24) is 24.6 Å². The van der Waals surface area contributed by atoms with Crippen LogP contribution in [0.15, 0.2) is 24.7 Å². The van der Waals surface area contributed by atoms with Crippen LogP contribution in [0, 0.1) is 5.92 Å². The Bertz CT molecular complexity index is 1000. The first-order chi connectivity index (χ1) is 16.6. The van der Waals surface area contributed by atoms with Crippen LogP contribution in [0.1, 0.15) is 59.8 Å². The van der Waals surface area contributed by atoms with Crippen LogP contribution in [0.3, 0.4) is 0 Å². The summed E-state index contributed by atoms with van der Waals surface area (Å²) in [4.78, 5) is 42.8. The number of carbonyl (C=O) groups excluding carboxylic acids is 1. The van der Waals surface area contributed by atoms with Gasteiger partial charge in [0.2, 0.25) is 5.91 Å². The van der Waals surface area contributed by atoms with E-state index in [2.05, 4.69) is 53.0 Å². The number of anilines is 1. The maximum atomic E-state index is 12.6. The highest BCUT2D eigenvalue weighted by Gasteiger charge is 2.23. The first-order valence-corrected chi connectivity index (χ1v) is 12.0. The zero-order valence-electron chi connectivity index (χ0n) is 20.8. The van der Waals surface area contributed by atoms with Gasteiger partial charge < -0.3 is 15.5 Å². The number of hydrogen-bond donors (Lipinski definition) is 3. The van der Waals surface area contributed by atoms with E-state index in [9.17, 15) is 14.4 Å². The van der Waals surface area contributed by atoms with Gasteiger partial charge in [-0.15, -0.1) is 0 Å². The lowest BCUT2D eigenvalue weighted by Crippen LogP contribution is -2.39. The molecule has 11 heteroatoms. The van der Waals surface area contributed by atoms with Crippen molar-refractivity contribution < 1.29 is 24.6 Å². The molecule has 1 saturated carbocycles. The number of nitrogens with one attached hydrogen (secondary N) is 1. The van der Waals surface area contributed by atoms with Gasteiger partial charge in [-0.05, 0) is 40.5 Å². The van der Waals surface area contributed by atoms with E-state index in [0.29, 0.717) is 30.1 Å². The summed E-state index contributed by atoms with van der Waals surface area (Å²) < 4.78 is 1.91. The molecule has 3 N–H and O–H groups in total. The third kappa shape index (κ3) is 8.75. The topological polar surface area (TPSA) is 151 Å². The molecule has 1 fully saturated rings. The summed E-state index contributed by atoms with van der Waals surface area (Å²) in [5.74, 6) is -1.76. The average Bonchev–Trinajstić information content (AvgIpc) is 3.22. The summed E-state index contributed by atoms with van der Waals surface area (Å²) in [5, 5.41) is 24.0. The second kappa shape index (κ2) is 13.5. The van der Waals surface area contributed by atoms with Crippen molar-refractivity contribution in [3.8, 4) is 0 Å². The SMILES string of the molecule is CC(C)N(CCn1ncc2c(NC(=O)C3CCCCC3)ncnc21)C(C)C.O=C(O)C=CC(=O)O. The van der Waals surface area contributed by atoms with Crippen LogP contribution in [0.4, 0.5) is 5.82 Å². The van der Waals surface area contributed by atoms with E-state index >= 15 is 0 Å². The lowest BCUT2D eigenvalue weighted by atomic mass is 9.89. The zero-order chi connectivity index (χ0) is 26.0. The van der Waals surface area contributed by atoms with Crippen LogP contribution in [0.25, 0.3) is 11.0 Å². The van der Waals surface area contributed by atoms with Gasteiger partial charge in [0.1, 0.15) is 12.1 Å². The molecule has 0 aliphatic heterocycles. The van der Waals surface area contributed by atoms with Crippen molar-refractivity contribution in [2.45, 2.75) is 78.4 Å². The average molecular weight is 489 g/mol. The minimum absolute atomic E-state index is 0.0771. The molecule has 2 aromatic rings. The van der Waals surface area contributed by atoms with Crippen molar-refractivity contribution in [2.75, 3.05) is 11.9 Å². The first-order valence-electron chi connectivity index (χ1n) is 12.0.